The Bertz CT molecular complexity index is 379. The first-order valence-electron chi connectivity index (χ1n) is 8.52. The molecule has 1 atom stereocenters. The van der Waals surface area contributed by atoms with Crippen molar-refractivity contribution in [1.82, 2.24) is 4.90 Å². The lowest BCUT2D eigenvalue weighted by molar-refractivity contribution is -0.127. The summed E-state index contributed by atoms with van der Waals surface area (Å²) in [5, 5.41) is 0. The molecule has 3 heteroatoms. The topological polar surface area (TPSA) is 37.4 Å². The van der Waals surface area contributed by atoms with Gasteiger partial charge in [-0.3, -0.25) is 14.5 Å². The van der Waals surface area contributed by atoms with Gasteiger partial charge in [-0.25, -0.2) is 0 Å². The molecule has 0 fully saturated rings. The van der Waals surface area contributed by atoms with E-state index in [1.807, 2.05) is 20.9 Å². The van der Waals surface area contributed by atoms with Crippen molar-refractivity contribution in [3.8, 4) is 12.3 Å². The molecule has 0 aromatic rings. The zero-order valence-corrected chi connectivity index (χ0v) is 15.0. The molecule has 0 bridgehead atoms. The summed E-state index contributed by atoms with van der Waals surface area (Å²) in [5.41, 5.74) is 0. The number of terminal acetylenes is 1. The van der Waals surface area contributed by atoms with Gasteiger partial charge in [0.25, 0.3) is 0 Å². The molecule has 126 valence electrons. The average molecular weight is 307 g/mol. The Kier molecular flexibility index (Phi) is 10.8. The number of unbranched alkanes of at least 4 members (excludes halogenated alkanes) is 2. The standard InChI is InChI=1S/C19H33NO2/c1-7-8-12-17(21)13-10-9-11-14-18(19(22)15(2)3)20(6)16(4)5/h1,15-16,18H,8-14H2,2-6H3. The van der Waals surface area contributed by atoms with Crippen molar-refractivity contribution in [3.05, 3.63) is 0 Å². The fourth-order valence-corrected chi connectivity index (χ4v) is 2.46. The van der Waals surface area contributed by atoms with Crippen LogP contribution in [0.4, 0.5) is 0 Å². The summed E-state index contributed by atoms with van der Waals surface area (Å²) in [5.74, 6) is 3.14. The molecule has 0 aliphatic heterocycles. The van der Waals surface area contributed by atoms with Gasteiger partial charge in [-0.05, 0) is 33.7 Å². The summed E-state index contributed by atoms with van der Waals surface area (Å²) in [6.45, 7) is 8.16. The van der Waals surface area contributed by atoms with Gasteiger partial charge in [-0.2, -0.15) is 0 Å². The van der Waals surface area contributed by atoms with Crippen LogP contribution < -0.4 is 0 Å². The third kappa shape index (κ3) is 8.34. The van der Waals surface area contributed by atoms with Crippen LogP contribution in [0.1, 0.15) is 72.6 Å². The van der Waals surface area contributed by atoms with E-state index in [0.29, 0.717) is 31.1 Å². The Morgan fingerprint density at radius 1 is 1.05 bits per heavy atom. The van der Waals surface area contributed by atoms with Crippen LogP contribution in [0.2, 0.25) is 0 Å². The highest BCUT2D eigenvalue weighted by Crippen LogP contribution is 2.17. The lowest BCUT2D eigenvalue weighted by Crippen LogP contribution is -2.44. The number of rotatable bonds is 12. The van der Waals surface area contributed by atoms with Crippen LogP contribution in [0.5, 0.6) is 0 Å². The molecule has 0 aliphatic carbocycles. The fraction of sp³-hybridized carbons (Fsp3) is 0.789. The monoisotopic (exact) mass is 307 g/mol. The Morgan fingerprint density at radius 2 is 1.68 bits per heavy atom. The lowest BCUT2D eigenvalue weighted by Gasteiger charge is -2.31. The van der Waals surface area contributed by atoms with Crippen molar-refractivity contribution in [3.63, 3.8) is 0 Å². The first kappa shape index (κ1) is 20.9. The molecule has 0 heterocycles. The molecular weight excluding hydrogens is 274 g/mol. The smallest absolute Gasteiger partial charge is 0.152 e. The van der Waals surface area contributed by atoms with E-state index >= 15 is 0 Å². The number of ketones is 2. The van der Waals surface area contributed by atoms with Gasteiger partial charge in [0.2, 0.25) is 0 Å². The SMILES string of the molecule is C#CCCC(=O)CCCCCC(C(=O)C(C)C)N(C)C(C)C. The minimum Gasteiger partial charge on any atom is -0.300 e. The Balaban J connectivity index is 4.17. The van der Waals surface area contributed by atoms with E-state index in [-0.39, 0.29) is 17.7 Å². The van der Waals surface area contributed by atoms with Crippen LogP contribution in [-0.2, 0) is 9.59 Å². The number of carbonyl (C=O) groups is 2. The van der Waals surface area contributed by atoms with E-state index < -0.39 is 0 Å². The summed E-state index contributed by atoms with van der Waals surface area (Å²) in [7, 11) is 2.03. The first-order chi connectivity index (χ1) is 10.3. The zero-order valence-electron chi connectivity index (χ0n) is 15.0. The van der Waals surface area contributed by atoms with Crippen molar-refractivity contribution >= 4 is 11.6 Å². The van der Waals surface area contributed by atoms with E-state index in [2.05, 4.69) is 24.7 Å². The van der Waals surface area contributed by atoms with E-state index in [4.69, 9.17) is 6.42 Å². The number of Topliss-reactive ketones (excluding diaryl/α,β-unsaturated/α-hetero) is 2. The average Bonchev–Trinajstić information content (AvgIpc) is 2.47. The molecular formula is C19H33NO2. The highest BCUT2D eigenvalue weighted by molar-refractivity contribution is 5.85. The van der Waals surface area contributed by atoms with E-state index in [9.17, 15) is 9.59 Å². The second-order valence-corrected chi connectivity index (χ2v) is 6.67. The maximum absolute atomic E-state index is 12.4. The second kappa shape index (κ2) is 11.4. The predicted octanol–water partition coefficient (Wildman–Crippen LogP) is 3.85. The molecule has 0 aromatic carbocycles. The molecule has 0 saturated heterocycles. The quantitative estimate of drug-likeness (QED) is 0.406. The minimum absolute atomic E-state index is 0.00265. The maximum Gasteiger partial charge on any atom is 0.152 e. The molecule has 1 unspecified atom stereocenters. The number of carbonyl (C=O) groups excluding carboxylic acids is 2. The maximum atomic E-state index is 12.4. The summed E-state index contributed by atoms with van der Waals surface area (Å²) in [6, 6.07) is 0.357. The van der Waals surface area contributed by atoms with E-state index in [0.717, 1.165) is 25.7 Å². The van der Waals surface area contributed by atoms with E-state index in [1.54, 1.807) is 0 Å². The van der Waals surface area contributed by atoms with Crippen molar-refractivity contribution in [2.75, 3.05) is 7.05 Å². The predicted molar refractivity (Wildman–Crippen MR) is 92.7 cm³/mol. The summed E-state index contributed by atoms with van der Waals surface area (Å²) < 4.78 is 0. The van der Waals surface area contributed by atoms with E-state index in [1.165, 1.54) is 0 Å². The van der Waals surface area contributed by atoms with Crippen LogP contribution in [0.3, 0.4) is 0 Å². The van der Waals surface area contributed by atoms with Crippen molar-refractivity contribution in [2.45, 2.75) is 84.7 Å². The van der Waals surface area contributed by atoms with Crippen LogP contribution >= 0.6 is 0 Å². The van der Waals surface area contributed by atoms with Crippen molar-refractivity contribution in [2.24, 2.45) is 5.92 Å². The van der Waals surface area contributed by atoms with Gasteiger partial charge in [-0.1, -0.05) is 26.7 Å². The Hall–Kier alpha value is -1.14. The van der Waals surface area contributed by atoms with Gasteiger partial charge in [-0.15, -0.1) is 12.3 Å². The Morgan fingerprint density at radius 3 is 2.18 bits per heavy atom. The van der Waals surface area contributed by atoms with Gasteiger partial charge in [0, 0.05) is 31.2 Å². The van der Waals surface area contributed by atoms with Gasteiger partial charge in [0.05, 0.1) is 6.04 Å². The summed E-state index contributed by atoms with van der Waals surface area (Å²) in [6.07, 6.45) is 10.6. The molecule has 3 nitrogen and oxygen atoms in total. The number of hydrogen-bond donors (Lipinski definition) is 0. The highest BCUT2D eigenvalue weighted by Gasteiger charge is 2.26. The molecule has 0 saturated carbocycles. The second-order valence-electron chi connectivity index (χ2n) is 6.67. The highest BCUT2D eigenvalue weighted by atomic mass is 16.1. The molecule has 0 amide bonds. The third-order valence-corrected chi connectivity index (χ3v) is 4.18. The lowest BCUT2D eigenvalue weighted by atomic mass is 9.94. The van der Waals surface area contributed by atoms with Gasteiger partial charge >= 0.3 is 0 Å². The van der Waals surface area contributed by atoms with Crippen molar-refractivity contribution < 1.29 is 9.59 Å². The number of nitrogens with zero attached hydrogens (tertiary/aromatic N) is 1. The molecule has 0 radical (unpaired) electrons. The number of hydrogen-bond acceptors (Lipinski definition) is 3. The van der Waals surface area contributed by atoms with Gasteiger partial charge in [0.1, 0.15) is 5.78 Å². The van der Waals surface area contributed by atoms with Crippen LogP contribution in [-0.4, -0.2) is 35.6 Å². The van der Waals surface area contributed by atoms with Crippen LogP contribution in [0, 0.1) is 18.3 Å². The Labute approximate surface area is 136 Å². The van der Waals surface area contributed by atoms with Crippen molar-refractivity contribution in [1.29, 1.82) is 0 Å². The normalized spacial score (nSPS) is 12.7. The molecule has 0 N–H and O–H groups in total. The molecule has 0 aliphatic rings. The molecule has 0 aromatic heterocycles. The third-order valence-electron chi connectivity index (χ3n) is 4.18. The fourth-order valence-electron chi connectivity index (χ4n) is 2.46. The van der Waals surface area contributed by atoms with Crippen LogP contribution in [0.15, 0.2) is 0 Å². The zero-order chi connectivity index (χ0) is 17.1. The largest absolute Gasteiger partial charge is 0.300 e. The summed E-state index contributed by atoms with van der Waals surface area (Å²) in [4.78, 5) is 26.1. The van der Waals surface area contributed by atoms with Gasteiger partial charge < -0.3 is 0 Å². The molecule has 0 rings (SSSR count). The summed E-state index contributed by atoms with van der Waals surface area (Å²) >= 11 is 0. The first-order valence-corrected chi connectivity index (χ1v) is 8.52. The van der Waals surface area contributed by atoms with Crippen LogP contribution in [0.25, 0.3) is 0 Å². The minimum atomic E-state index is -0.00265. The molecule has 0 spiro atoms. The number of likely N-dealkylation sites (N-methyl/N-ethyl adjacent to an activating group) is 1. The molecule has 22 heavy (non-hydrogen) atoms. The van der Waals surface area contributed by atoms with Gasteiger partial charge in [0.15, 0.2) is 5.78 Å².